The number of halogens is 1. The molecule has 0 aliphatic carbocycles. The van der Waals surface area contributed by atoms with Crippen LogP contribution < -0.4 is 10.2 Å². The molecule has 3 aromatic rings. The lowest BCUT2D eigenvalue weighted by molar-refractivity contribution is 0.0946. The van der Waals surface area contributed by atoms with E-state index in [-0.39, 0.29) is 12.1 Å². The summed E-state index contributed by atoms with van der Waals surface area (Å²) in [6, 6.07) is 10.9. The van der Waals surface area contributed by atoms with E-state index in [0.29, 0.717) is 0 Å². The molecule has 6 nitrogen and oxygen atoms in total. The van der Waals surface area contributed by atoms with Gasteiger partial charge in [-0.2, -0.15) is 0 Å². The molecule has 7 heteroatoms. The molecule has 0 aliphatic rings. The van der Waals surface area contributed by atoms with Crippen LogP contribution in [0.25, 0.3) is 0 Å². The second-order valence-electron chi connectivity index (χ2n) is 6.02. The molecule has 0 saturated heterocycles. The van der Waals surface area contributed by atoms with Crippen molar-refractivity contribution in [3.8, 4) is 0 Å². The summed E-state index contributed by atoms with van der Waals surface area (Å²) in [5, 5.41) is 2.74. The number of carbonyl (C=O) groups excluding carboxylic acids is 1. The van der Waals surface area contributed by atoms with Crippen LogP contribution in [-0.4, -0.2) is 34.5 Å². The summed E-state index contributed by atoms with van der Waals surface area (Å²) in [6.45, 7) is 0.978. The Hall–Kier alpha value is -3.35. The minimum Gasteiger partial charge on any atom is -0.359 e. The third kappa shape index (κ3) is 4.84. The van der Waals surface area contributed by atoms with E-state index in [1.54, 1.807) is 12.4 Å². The van der Waals surface area contributed by atoms with Crippen LogP contribution in [0, 0.1) is 5.82 Å². The van der Waals surface area contributed by atoms with Crippen LogP contribution in [0.2, 0.25) is 0 Å². The SMILES string of the molecule is CN(CCc1ccccn1)c1ncccc1CNC(=O)c1ccncc1F. The van der Waals surface area contributed by atoms with Crippen LogP contribution in [0.5, 0.6) is 0 Å². The summed E-state index contributed by atoms with van der Waals surface area (Å²) >= 11 is 0. The van der Waals surface area contributed by atoms with Crippen LogP contribution in [0.3, 0.4) is 0 Å². The van der Waals surface area contributed by atoms with Crippen LogP contribution in [0.1, 0.15) is 21.6 Å². The van der Waals surface area contributed by atoms with E-state index in [0.717, 1.165) is 36.2 Å². The molecule has 0 bridgehead atoms. The first-order chi connectivity index (χ1) is 13.1. The molecule has 138 valence electrons. The Kier molecular flexibility index (Phi) is 6.04. The van der Waals surface area contributed by atoms with E-state index in [9.17, 15) is 9.18 Å². The predicted octanol–water partition coefficient (Wildman–Crippen LogP) is 2.62. The summed E-state index contributed by atoms with van der Waals surface area (Å²) in [4.78, 5) is 26.6. The first kappa shape index (κ1) is 18.4. The Morgan fingerprint density at radius 2 is 1.96 bits per heavy atom. The van der Waals surface area contributed by atoms with Gasteiger partial charge in [0.1, 0.15) is 5.82 Å². The van der Waals surface area contributed by atoms with E-state index in [1.807, 2.05) is 42.3 Å². The first-order valence-electron chi connectivity index (χ1n) is 8.58. The number of amides is 1. The number of carbonyl (C=O) groups is 1. The highest BCUT2D eigenvalue weighted by Gasteiger charge is 2.13. The summed E-state index contributed by atoms with van der Waals surface area (Å²) < 4.78 is 13.7. The molecule has 0 fully saturated rings. The van der Waals surface area contributed by atoms with Crippen molar-refractivity contribution in [2.45, 2.75) is 13.0 Å². The van der Waals surface area contributed by atoms with Gasteiger partial charge in [0.15, 0.2) is 5.82 Å². The van der Waals surface area contributed by atoms with E-state index in [1.165, 1.54) is 12.3 Å². The normalized spacial score (nSPS) is 10.4. The molecule has 0 spiro atoms. The molecule has 1 N–H and O–H groups in total. The average Bonchev–Trinajstić information content (AvgIpc) is 2.71. The molecule has 3 aromatic heterocycles. The maximum Gasteiger partial charge on any atom is 0.254 e. The van der Waals surface area contributed by atoms with Crippen LogP contribution in [0.15, 0.2) is 61.2 Å². The quantitative estimate of drug-likeness (QED) is 0.697. The van der Waals surface area contributed by atoms with E-state index in [4.69, 9.17) is 0 Å². The van der Waals surface area contributed by atoms with Gasteiger partial charge >= 0.3 is 0 Å². The third-order valence-corrected chi connectivity index (χ3v) is 4.12. The molecule has 0 atom stereocenters. The molecule has 0 aromatic carbocycles. The molecule has 27 heavy (non-hydrogen) atoms. The maximum absolute atomic E-state index is 13.7. The molecule has 0 radical (unpaired) electrons. The van der Waals surface area contributed by atoms with Crippen molar-refractivity contribution < 1.29 is 9.18 Å². The summed E-state index contributed by atoms with van der Waals surface area (Å²) in [5.41, 5.74) is 1.83. The lowest BCUT2D eigenvalue weighted by Gasteiger charge is -2.21. The fourth-order valence-corrected chi connectivity index (χ4v) is 2.68. The van der Waals surface area contributed by atoms with E-state index < -0.39 is 11.7 Å². The Morgan fingerprint density at radius 3 is 2.74 bits per heavy atom. The lowest BCUT2D eigenvalue weighted by Crippen LogP contribution is -2.27. The van der Waals surface area contributed by atoms with Gasteiger partial charge in [-0.1, -0.05) is 12.1 Å². The number of hydrogen-bond acceptors (Lipinski definition) is 5. The highest BCUT2D eigenvalue weighted by atomic mass is 19.1. The molecule has 3 heterocycles. The van der Waals surface area contributed by atoms with Gasteiger partial charge in [-0.25, -0.2) is 9.37 Å². The Balaban J connectivity index is 1.65. The highest BCUT2D eigenvalue weighted by Crippen LogP contribution is 2.16. The van der Waals surface area contributed by atoms with Gasteiger partial charge in [0.25, 0.3) is 5.91 Å². The van der Waals surface area contributed by atoms with Gasteiger partial charge in [0, 0.05) is 56.4 Å². The Morgan fingerprint density at radius 1 is 1.11 bits per heavy atom. The summed E-state index contributed by atoms with van der Waals surface area (Å²) in [5.74, 6) is -0.362. The average molecular weight is 365 g/mol. The fourth-order valence-electron chi connectivity index (χ4n) is 2.68. The number of nitrogens with zero attached hydrogens (tertiary/aromatic N) is 4. The van der Waals surface area contributed by atoms with E-state index >= 15 is 0 Å². The minimum absolute atomic E-state index is 0.0288. The maximum atomic E-state index is 13.7. The molecular weight excluding hydrogens is 345 g/mol. The lowest BCUT2D eigenvalue weighted by atomic mass is 10.2. The van der Waals surface area contributed by atoms with Gasteiger partial charge in [0.2, 0.25) is 0 Å². The number of nitrogens with one attached hydrogen (secondary N) is 1. The van der Waals surface area contributed by atoms with Crippen LogP contribution in [-0.2, 0) is 13.0 Å². The highest BCUT2D eigenvalue weighted by molar-refractivity contribution is 5.94. The molecule has 0 aliphatic heterocycles. The summed E-state index contributed by atoms with van der Waals surface area (Å²) in [6.07, 6.45) is 6.67. The Bertz CT molecular complexity index is 904. The minimum atomic E-state index is -0.645. The van der Waals surface area contributed by atoms with Gasteiger partial charge in [-0.15, -0.1) is 0 Å². The Labute approximate surface area is 157 Å². The van der Waals surface area contributed by atoms with Gasteiger partial charge in [-0.3, -0.25) is 14.8 Å². The van der Waals surface area contributed by atoms with Crippen molar-refractivity contribution in [3.63, 3.8) is 0 Å². The number of likely N-dealkylation sites (N-methyl/N-ethyl adjacent to an activating group) is 1. The zero-order valence-electron chi connectivity index (χ0n) is 15.0. The number of rotatable bonds is 7. The van der Waals surface area contributed by atoms with Crippen molar-refractivity contribution in [2.24, 2.45) is 0 Å². The largest absolute Gasteiger partial charge is 0.359 e. The number of anilines is 1. The number of hydrogen-bond donors (Lipinski definition) is 1. The van der Waals surface area contributed by atoms with Crippen molar-refractivity contribution in [3.05, 3.63) is 83.8 Å². The van der Waals surface area contributed by atoms with Crippen molar-refractivity contribution in [2.75, 3.05) is 18.5 Å². The molecule has 0 saturated carbocycles. The zero-order valence-corrected chi connectivity index (χ0v) is 15.0. The number of aromatic nitrogens is 3. The van der Waals surface area contributed by atoms with E-state index in [2.05, 4.69) is 20.3 Å². The second-order valence-corrected chi connectivity index (χ2v) is 6.02. The van der Waals surface area contributed by atoms with Crippen molar-refractivity contribution in [1.82, 2.24) is 20.3 Å². The smallest absolute Gasteiger partial charge is 0.254 e. The number of pyridine rings is 3. The zero-order chi connectivity index (χ0) is 19.1. The van der Waals surface area contributed by atoms with Crippen LogP contribution in [0.4, 0.5) is 10.2 Å². The van der Waals surface area contributed by atoms with Gasteiger partial charge < -0.3 is 10.2 Å². The molecule has 0 unspecified atom stereocenters. The standard InChI is InChI=1S/C20H20FN5O/c1-26(12-8-16-6-2-3-9-23-16)19-15(5-4-10-24-19)13-25-20(27)17-7-11-22-14-18(17)21/h2-7,9-11,14H,8,12-13H2,1H3,(H,25,27). The second kappa shape index (κ2) is 8.84. The van der Waals surface area contributed by atoms with Crippen molar-refractivity contribution >= 4 is 11.7 Å². The topological polar surface area (TPSA) is 71.0 Å². The first-order valence-corrected chi connectivity index (χ1v) is 8.58. The molecular formula is C20H20FN5O. The monoisotopic (exact) mass is 365 g/mol. The third-order valence-electron chi connectivity index (χ3n) is 4.12. The van der Waals surface area contributed by atoms with Gasteiger partial charge in [-0.05, 0) is 24.3 Å². The summed E-state index contributed by atoms with van der Waals surface area (Å²) in [7, 11) is 1.94. The van der Waals surface area contributed by atoms with Gasteiger partial charge in [0.05, 0.1) is 11.8 Å². The van der Waals surface area contributed by atoms with Crippen LogP contribution >= 0.6 is 0 Å². The van der Waals surface area contributed by atoms with Crippen molar-refractivity contribution in [1.29, 1.82) is 0 Å². The molecule has 1 amide bonds. The molecule has 3 rings (SSSR count). The predicted molar refractivity (Wildman–Crippen MR) is 101 cm³/mol. The fraction of sp³-hybridized carbons (Fsp3) is 0.200.